The minimum Gasteiger partial charge on any atom is -0.507 e. The summed E-state index contributed by atoms with van der Waals surface area (Å²) < 4.78 is 16.0. The van der Waals surface area contributed by atoms with Gasteiger partial charge >= 0.3 is 5.97 Å². The van der Waals surface area contributed by atoms with Crippen molar-refractivity contribution in [3.63, 3.8) is 0 Å². The van der Waals surface area contributed by atoms with Gasteiger partial charge in [-0.05, 0) is 71.8 Å². The van der Waals surface area contributed by atoms with Gasteiger partial charge in [0, 0.05) is 5.56 Å². The van der Waals surface area contributed by atoms with Gasteiger partial charge in [0.1, 0.15) is 23.0 Å². The first-order chi connectivity index (χ1) is 17.9. The summed E-state index contributed by atoms with van der Waals surface area (Å²) in [6.45, 7) is 0. The van der Waals surface area contributed by atoms with Crippen LogP contribution in [0.15, 0.2) is 84.9 Å². The lowest BCUT2D eigenvalue weighted by Crippen LogP contribution is -2.26. The van der Waals surface area contributed by atoms with E-state index in [1.165, 1.54) is 26.4 Å². The maximum absolute atomic E-state index is 13.8. The molecule has 5 rings (SSSR count). The molecule has 0 aromatic heterocycles. The molecule has 0 saturated heterocycles. The number of phenolic OH excluding ortho intramolecular Hbond substituents is 1. The predicted molar refractivity (Wildman–Crippen MR) is 135 cm³/mol. The number of ether oxygens (including phenoxy) is 3. The fourth-order valence-electron chi connectivity index (χ4n) is 4.55. The first kappa shape index (κ1) is 23.8. The van der Waals surface area contributed by atoms with Crippen LogP contribution in [0.4, 0.5) is 0 Å². The van der Waals surface area contributed by atoms with Crippen LogP contribution in [0, 0.1) is 0 Å². The first-order valence-electron chi connectivity index (χ1n) is 11.5. The van der Waals surface area contributed by atoms with Gasteiger partial charge in [0.05, 0.1) is 36.8 Å². The number of ketones is 2. The Labute approximate surface area is 212 Å². The summed E-state index contributed by atoms with van der Waals surface area (Å²) in [5.41, 5.74) is 1.51. The van der Waals surface area contributed by atoms with Gasteiger partial charge in [-0.3, -0.25) is 9.59 Å². The number of Topliss-reactive ketones (excluding diaryl/α,β-unsaturated/α-hetero) is 1. The summed E-state index contributed by atoms with van der Waals surface area (Å²) in [6.07, 6.45) is 0. The second-order valence-electron chi connectivity index (χ2n) is 8.43. The molecule has 1 N–H and O–H groups in total. The van der Waals surface area contributed by atoms with Crippen molar-refractivity contribution in [3.8, 4) is 23.0 Å². The van der Waals surface area contributed by atoms with Gasteiger partial charge in [-0.1, -0.05) is 24.3 Å². The molecule has 0 amide bonds. The highest BCUT2D eigenvalue weighted by Crippen LogP contribution is 2.44. The van der Waals surface area contributed by atoms with Crippen LogP contribution < -0.4 is 14.2 Å². The van der Waals surface area contributed by atoms with E-state index in [0.717, 1.165) is 0 Å². The van der Waals surface area contributed by atoms with Crippen molar-refractivity contribution < 1.29 is 33.7 Å². The lowest BCUT2D eigenvalue weighted by atomic mass is 9.73. The molecule has 184 valence electrons. The second-order valence-corrected chi connectivity index (χ2v) is 8.43. The molecular weight excluding hydrogens is 472 g/mol. The van der Waals surface area contributed by atoms with E-state index in [-0.39, 0.29) is 34.0 Å². The summed E-state index contributed by atoms with van der Waals surface area (Å²) in [7, 11) is 3.06. The van der Waals surface area contributed by atoms with Crippen LogP contribution in [0.3, 0.4) is 0 Å². The Balaban J connectivity index is 1.61. The predicted octanol–water partition coefficient (Wildman–Crippen LogP) is 5.19. The molecule has 0 radical (unpaired) electrons. The molecule has 0 aliphatic heterocycles. The number of rotatable bonds is 6. The zero-order chi connectivity index (χ0) is 26.1. The summed E-state index contributed by atoms with van der Waals surface area (Å²) in [5, 5.41) is 10.6. The molecular formula is C30H22O7. The SMILES string of the molecule is COc1ccc(C(=O)Oc2cccc3c2C(=O)c2c(O)cccc2C3C(=O)c2ccc(OC)cc2)cc1. The maximum Gasteiger partial charge on any atom is 0.343 e. The average molecular weight is 494 g/mol. The Kier molecular flexibility index (Phi) is 6.19. The van der Waals surface area contributed by atoms with Crippen molar-refractivity contribution in [1.82, 2.24) is 0 Å². The Morgan fingerprint density at radius 2 is 1.24 bits per heavy atom. The average Bonchev–Trinajstić information content (AvgIpc) is 2.93. The molecule has 0 fully saturated rings. The number of benzene rings is 4. The normalized spacial score (nSPS) is 13.8. The van der Waals surface area contributed by atoms with Crippen LogP contribution in [0.2, 0.25) is 0 Å². The number of hydrogen-bond acceptors (Lipinski definition) is 7. The Bertz CT molecular complexity index is 1520. The Morgan fingerprint density at radius 3 is 1.84 bits per heavy atom. The molecule has 7 heteroatoms. The molecule has 7 nitrogen and oxygen atoms in total. The van der Waals surface area contributed by atoms with E-state index in [2.05, 4.69) is 0 Å². The standard InChI is InChI=1S/C30H22O7/c1-35-19-13-9-17(10-14-19)28(32)25-21-5-3-7-23(31)26(21)29(33)27-22(25)6-4-8-24(27)37-30(34)18-11-15-20(36-2)16-12-18/h3-16,25,31H,1-2H3. The van der Waals surface area contributed by atoms with E-state index >= 15 is 0 Å². The molecule has 4 aromatic carbocycles. The third kappa shape index (κ3) is 4.21. The molecule has 1 aliphatic carbocycles. The van der Waals surface area contributed by atoms with Gasteiger partial charge in [0.15, 0.2) is 5.78 Å². The number of carbonyl (C=O) groups is 3. The van der Waals surface area contributed by atoms with Gasteiger partial charge < -0.3 is 19.3 Å². The van der Waals surface area contributed by atoms with Crippen molar-refractivity contribution in [1.29, 1.82) is 0 Å². The van der Waals surface area contributed by atoms with Crippen LogP contribution in [0.1, 0.15) is 53.7 Å². The molecule has 0 spiro atoms. The zero-order valence-corrected chi connectivity index (χ0v) is 20.1. The van der Waals surface area contributed by atoms with Crippen LogP contribution in [-0.4, -0.2) is 36.9 Å². The lowest BCUT2D eigenvalue weighted by molar-refractivity contribution is 0.0732. The van der Waals surface area contributed by atoms with Crippen LogP contribution in [0.25, 0.3) is 0 Å². The minimum absolute atomic E-state index is 0.00440. The number of hydrogen-bond donors (Lipinski definition) is 1. The largest absolute Gasteiger partial charge is 0.507 e. The third-order valence-electron chi connectivity index (χ3n) is 6.37. The smallest absolute Gasteiger partial charge is 0.343 e. The second kappa shape index (κ2) is 9.62. The number of esters is 1. The molecule has 4 aromatic rings. The van der Waals surface area contributed by atoms with Crippen LogP contribution in [-0.2, 0) is 0 Å². The van der Waals surface area contributed by atoms with Crippen molar-refractivity contribution in [2.24, 2.45) is 0 Å². The van der Waals surface area contributed by atoms with Gasteiger partial charge in [0.2, 0.25) is 5.78 Å². The monoisotopic (exact) mass is 494 g/mol. The van der Waals surface area contributed by atoms with Crippen molar-refractivity contribution >= 4 is 17.5 Å². The number of methoxy groups -OCH3 is 2. The van der Waals surface area contributed by atoms with E-state index < -0.39 is 17.7 Å². The van der Waals surface area contributed by atoms with E-state index in [0.29, 0.717) is 28.2 Å². The first-order valence-corrected chi connectivity index (χ1v) is 11.5. The van der Waals surface area contributed by atoms with E-state index in [1.54, 1.807) is 72.8 Å². The van der Waals surface area contributed by atoms with Crippen LogP contribution >= 0.6 is 0 Å². The van der Waals surface area contributed by atoms with Crippen LogP contribution in [0.5, 0.6) is 23.0 Å². The minimum atomic E-state index is -0.900. The van der Waals surface area contributed by atoms with E-state index in [9.17, 15) is 19.5 Å². The number of aromatic hydroxyl groups is 1. The van der Waals surface area contributed by atoms with Gasteiger partial charge in [-0.25, -0.2) is 4.79 Å². The van der Waals surface area contributed by atoms with Crippen molar-refractivity contribution in [2.45, 2.75) is 5.92 Å². The summed E-state index contributed by atoms with van der Waals surface area (Å²) in [5.74, 6) is -1.45. The van der Waals surface area contributed by atoms with Gasteiger partial charge in [-0.15, -0.1) is 0 Å². The lowest BCUT2D eigenvalue weighted by Gasteiger charge is -2.28. The van der Waals surface area contributed by atoms with Gasteiger partial charge in [0.25, 0.3) is 0 Å². The quantitative estimate of drug-likeness (QED) is 0.224. The number of carbonyl (C=O) groups excluding carboxylic acids is 3. The summed E-state index contributed by atoms with van der Waals surface area (Å²) in [4.78, 5) is 40.4. The van der Waals surface area contributed by atoms with E-state index in [1.807, 2.05) is 0 Å². The number of fused-ring (bicyclic) bond motifs is 2. The highest BCUT2D eigenvalue weighted by atomic mass is 16.5. The molecule has 1 atom stereocenters. The Hall–Kier alpha value is -4.91. The van der Waals surface area contributed by atoms with E-state index in [4.69, 9.17) is 14.2 Å². The third-order valence-corrected chi connectivity index (χ3v) is 6.37. The fourth-order valence-corrected chi connectivity index (χ4v) is 4.55. The highest BCUT2D eigenvalue weighted by molar-refractivity contribution is 6.19. The fraction of sp³-hybridized carbons (Fsp3) is 0.100. The molecule has 0 heterocycles. The van der Waals surface area contributed by atoms with Crippen molar-refractivity contribution in [3.05, 3.63) is 118 Å². The molecule has 1 unspecified atom stereocenters. The molecule has 0 bridgehead atoms. The summed E-state index contributed by atoms with van der Waals surface area (Å²) in [6, 6.07) is 22.4. The molecule has 37 heavy (non-hydrogen) atoms. The molecule has 0 saturated carbocycles. The zero-order valence-electron chi connectivity index (χ0n) is 20.1. The highest BCUT2D eigenvalue weighted by Gasteiger charge is 2.39. The Morgan fingerprint density at radius 1 is 0.703 bits per heavy atom. The maximum atomic E-state index is 13.8. The van der Waals surface area contributed by atoms with Gasteiger partial charge in [-0.2, -0.15) is 0 Å². The number of phenols is 1. The topological polar surface area (TPSA) is 99.1 Å². The van der Waals surface area contributed by atoms with Crippen molar-refractivity contribution in [2.75, 3.05) is 14.2 Å². The molecule has 1 aliphatic rings. The summed E-state index contributed by atoms with van der Waals surface area (Å²) >= 11 is 0.